The minimum Gasteiger partial charge on any atom is -0.506 e. The zero-order valence-corrected chi connectivity index (χ0v) is 19.3. The van der Waals surface area contributed by atoms with Crippen LogP contribution in [0.1, 0.15) is 22.3 Å². The fourth-order valence-electron chi connectivity index (χ4n) is 2.77. The average Bonchev–Trinajstić information content (AvgIpc) is 2.91. The summed E-state index contributed by atoms with van der Waals surface area (Å²) in [4.78, 5) is 25.3. The predicted octanol–water partition coefficient (Wildman–Crippen LogP) is 7.19. The number of phenolic OH excluding ortho intramolecular Hbond substituents is 1. The second-order valence-electron chi connectivity index (χ2n) is 6.51. The Morgan fingerprint density at radius 2 is 1.50 bits per heavy atom. The van der Waals surface area contributed by atoms with E-state index >= 15 is 0 Å². The van der Waals surface area contributed by atoms with Crippen molar-refractivity contribution in [3.8, 4) is 5.75 Å². The summed E-state index contributed by atoms with van der Waals surface area (Å²) in [5.41, 5.74) is -3.44. The molecule has 0 saturated carbocycles. The summed E-state index contributed by atoms with van der Waals surface area (Å²) in [6.07, 6.45) is -8.91. The number of carbonyl (C=O) groups is 2. The van der Waals surface area contributed by atoms with Gasteiger partial charge in [-0.2, -0.15) is 26.3 Å². The van der Waals surface area contributed by atoms with Crippen molar-refractivity contribution in [1.29, 1.82) is 0 Å². The highest BCUT2D eigenvalue weighted by molar-refractivity contribution is 9.11. The van der Waals surface area contributed by atoms with Crippen LogP contribution in [0.25, 0.3) is 6.08 Å². The molecule has 2 aromatic rings. The van der Waals surface area contributed by atoms with Crippen molar-refractivity contribution in [3.05, 3.63) is 66.4 Å². The lowest BCUT2D eigenvalue weighted by atomic mass is 10.0. The van der Waals surface area contributed by atoms with Gasteiger partial charge in [0.2, 0.25) is 0 Å². The van der Waals surface area contributed by atoms with Gasteiger partial charge in [0.15, 0.2) is 0 Å². The summed E-state index contributed by atoms with van der Waals surface area (Å²) in [5.74, 6) is -1.14. The van der Waals surface area contributed by atoms with Gasteiger partial charge in [0, 0.05) is 10.0 Å². The Morgan fingerprint density at radius 1 is 0.938 bits per heavy atom. The molecule has 0 radical (unpaired) electrons. The Balaban J connectivity index is 1.96. The van der Waals surface area contributed by atoms with Crippen LogP contribution in [0.5, 0.6) is 5.75 Å². The molecule has 1 saturated heterocycles. The summed E-state index contributed by atoms with van der Waals surface area (Å²) < 4.78 is 79.1. The molecule has 1 N–H and O–H groups in total. The van der Waals surface area contributed by atoms with Crippen molar-refractivity contribution in [3.63, 3.8) is 0 Å². The number of rotatable bonds is 3. The SMILES string of the molecule is O=C1SC(=Cc2cc(Br)cc(Br)c2O)C(=O)N1Cc1cc(C(F)(F)F)cc(C(F)(F)F)c1. The summed E-state index contributed by atoms with van der Waals surface area (Å²) in [5, 5.41) is 9.23. The first kappa shape index (κ1) is 24.6. The lowest BCUT2D eigenvalue weighted by molar-refractivity contribution is -0.143. The van der Waals surface area contributed by atoms with E-state index in [2.05, 4.69) is 31.9 Å². The van der Waals surface area contributed by atoms with Crippen molar-refractivity contribution < 1.29 is 41.0 Å². The van der Waals surface area contributed by atoms with Crippen LogP contribution >= 0.6 is 43.6 Å². The van der Waals surface area contributed by atoms with E-state index in [4.69, 9.17) is 0 Å². The first-order valence-corrected chi connectivity index (χ1v) is 10.8. The number of aromatic hydroxyl groups is 1. The summed E-state index contributed by atoms with van der Waals surface area (Å²) in [6.45, 7) is -0.789. The Labute approximate surface area is 197 Å². The van der Waals surface area contributed by atoms with Crippen LogP contribution in [-0.4, -0.2) is 21.2 Å². The van der Waals surface area contributed by atoms with E-state index < -0.39 is 46.7 Å². The van der Waals surface area contributed by atoms with Crippen LogP contribution in [-0.2, 0) is 23.7 Å². The lowest BCUT2D eigenvalue weighted by Gasteiger charge is -2.17. The summed E-state index contributed by atoms with van der Waals surface area (Å²) in [6, 6.07) is 3.87. The van der Waals surface area contributed by atoms with E-state index in [9.17, 15) is 41.0 Å². The highest BCUT2D eigenvalue weighted by Gasteiger charge is 2.39. The molecule has 1 aliphatic rings. The largest absolute Gasteiger partial charge is 0.506 e. The summed E-state index contributed by atoms with van der Waals surface area (Å²) >= 11 is 6.76. The third-order valence-corrected chi connectivity index (χ3v) is 6.18. The van der Waals surface area contributed by atoms with E-state index in [0.29, 0.717) is 37.7 Å². The van der Waals surface area contributed by atoms with E-state index in [1.165, 1.54) is 18.2 Å². The number of phenols is 1. The van der Waals surface area contributed by atoms with Crippen molar-refractivity contribution in [2.24, 2.45) is 0 Å². The molecule has 4 nitrogen and oxygen atoms in total. The average molecular weight is 605 g/mol. The number of hydrogen-bond donors (Lipinski definition) is 1. The number of hydrogen-bond acceptors (Lipinski definition) is 4. The van der Waals surface area contributed by atoms with E-state index in [1.807, 2.05) is 0 Å². The zero-order valence-electron chi connectivity index (χ0n) is 15.3. The molecule has 2 aromatic carbocycles. The minimum atomic E-state index is -5.06. The zero-order chi connectivity index (χ0) is 24.0. The van der Waals surface area contributed by atoms with Crippen LogP contribution in [0, 0.1) is 0 Å². The lowest BCUT2D eigenvalue weighted by Crippen LogP contribution is -2.28. The van der Waals surface area contributed by atoms with Crippen LogP contribution in [0.2, 0.25) is 0 Å². The Hall–Kier alpha value is -1.99. The van der Waals surface area contributed by atoms with Crippen LogP contribution in [0.15, 0.2) is 44.2 Å². The van der Waals surface area contributed by atoms with E-state index in [0.717, 1.165) is 0 Å². The minimum absolute atomic E-state index is 0.0366. The molecule has 0 unspecified atom stereocenters. The Morgan fingerprint density at radius 3 is 2.03 bits per heavy atom. The third-order valence-electron chi connectivity index (χ3n) is 4.21. The number of amides is 2. The number of thioether (sulfide) groups is 1. The molecule has 0 atom stereocenters. The molecule has 13 heteroatoms. The second-order valence-corrected chi connectivity index (χ2v) is 9.27. The van der Waals surface area contributed by atoms with Crippen molar-refractivity contribution >= 4 is 60.8 Å². The first-order valence-electron chi connectivity index (χ1n) is 8.38. The molecule has 1 heterocycles. The molecule has 0 bridgehead atoms. The number of halogens is 8. The normalized spacial score (nSPS) is 16.4. The van der Waals surface area contributed by atoms with Gasteiger partial charge in [-0.3, -0.25) is 14.5 Å². The Bertz CT molecular complexity index is 1110. The molecule has 170 valence electrons. The number of alkyl halides is 6. The maximum Gasteiger partial charge on any atom is 0.416 e. The fraction of sp³-hybridized carbons (Fsp3) is 0.158. The quantitative estimate of drug-likeness (QED) is 0.298. The van der Waals surface area contributed by atoms with Crippen molar-refractivity contribution in [2.45, 2.75) is 18.9 Å². The van der Waals surface area contributed by atoms with E-state index in [1.54, 1.807) is 0 Å². The molecule has 2 amide bonds. The van der Waals surface area contributed by atoms with Gasteiger partial charge in [0.1, 0.15) is 5.75 Å². The number of carbonyl (C=O) groups excluding carboxylic acids is 2. The molecule has 0 aliphatic carbocycles. The van der Waals surface area contributed by atoms with Gasteiger partial charge in [-0.15, -0.1) is 0 Å². The van der Waals surface area contributed by atoms with Crippen LogP contribution in [0.4, 0.5) is 31.1 Å². The molecule has 1 aliphatic heterocycles. The predicted molar refractivity (Wildman–Crippen MR) is 111 cm³/mol. The van der Waals surface area contributed by atoms with Gasteiger partial charge in [0.25, 0.3) is 11.1 Å². The molecular formula is C19H9Br2F6NO3S. The van der Waals surface area contributed by atoms with Crippen LogP contribution in [0.3, 0.4) is 0 Å². The van der Waals surface area contributed by atoms with Crippen LogP contribution < -0.4 is 0 Å². The second kappa shape index (κ2) is 8.75. The van der Waals surface area contributed by atoms with Gasteiger partial charge >= 0.3 is 12.4 Å². The third kappa shape index (κ3) is 5.31. The van der Waals surface area contributed by atoms with Gasteiger partial charge in [-0.25, -0.2) is 0 Å². The van der Waals surface area contributed by atoms with Gasteiger partial charge < -0.3 is 5.11 Å². The van der Waals surface area contributed by atoms with Crippen molar-refractivity contribution in [2.75, 3.05) is 0 Å². The molecule has 3 rings (SSSR count). The van der Waals surface area contributed by atoms with Gasteiger partial charge in [-0.1, -0.05) is 15.9 Å². The standard InChI is InChI=1S/C19H9Br2F6NO3S/c20-12-3-9(15(29)13(21)6-12)4-14-16(30)28(17(31)32-14)7-8-1-10(18(22,23)24)5-11(2-8)19(25,26)27/h1-6,29H,7H2. The monoisotopic (exact) mass is 603 g/mol. The highest BCUT2D eigenvalue weighted by Crippen LogP contribution is 2.40. The maximum absolute atomic E-state index is 13.1. The Kier molecular flexibility index (Phi) is 6.74. The summed E-state index contributed by atoms with van der Waals surface area (Å²) in [7, 11) is 0. The smallest absolute Gasteiger partial charge is 0.416 e. The molecule has 32 heavy (non-hydrogen) atoms. The molecule has 1 fully saturated rings. The number of nitrogens with zero attached hydrogens (tertiary/aromatic N) is 1. The fourth-order valence-corrected chi connectivity index (χ4v) is 4.85. The number of benzene rings is 2. The van der Waals surface area contributed by atoms with Gasteiger partial charge in [0.05, 0.1) is 27.0 Å². The molecule has 0 spiro atoms. The number of imide groups is 1. The highest BCUT2D eigenvalue weighted by atomic mass is 79.9. The topological polar surface area (TPSA) is 57.6 Å². The van der Waals surface area contributed by atoms with Gasteiger partial charge in [-0.05, 0) is 69.7 Å². The van der Waals surface area contributed by atoms with Crippen molar-refractivity contribution in [1.82, 2.24) is 4.90 Å². The molecule has 0 aromatic heterocycles. The van der Waals surface area contributed by atoms with E-state index in [-0.39, 0.29) is 22.3 Å². The molecular weight excluding hydrogens is 596 g/mol. The maximum atomic E-state index is 13.1. The first-order chi connectivity index (χ1) is 14.7.